The molecule has 2 fully saturated rings. The largest absolute Gasteiger partial charge is 0.325 e. The van der Waals surface area contributed by atoms with E-state index in [-0.39, 0.29) is 29.2 Å². The van der Waals surface area contributed by atoms with Crippen LogP contribution in [0.2, 0.25) is 0 Å². The molecule has 0 aromatic heterocycles. The van der Waals surface area contributed by atoms with E-state index in [1.165, 1.54) is 24.3 Å². The van der Waals surface area contributed by atoms with Crippen molar-refractivity contribution in [3.05, 3.63) is 94.8 Å². The van der Waals surface area contributed by atoms with E-state index in [4.69, 9.17) is 0 Å². The maximum atomic E-state index is 14.7. The van der Waals surface area contributed by atoms with Crippen LogP contribution >= 0.6 is 0 Å². The number of benzene rings is 3. The van der Waals surface area contributed by atoms with E-state index in [1.54, 1.807) is 0 Å². The average Bonchev–Trinajstić information content (AvgIpc) is 3.63. The number of carbonyl (C=O) groups excluding carboxylic acids is 3. The number of fused-ring (bicyclic) bond motifs is 7. The number of anilines is 2. The lowest BCUT2D eigenvalue weighted by Gasteiger charge is -2.38. The molecule has 2 N–H and O–H groups in total. The lowest BCUT2D eigenvalue weighted by Crippen LogP contribution is -2.55. The summed E-state index contributed by atoms with van der Waals surface area (Å²) in [6.45, 7) is 2.63. The highest BCUT2D eigenvalue weighted by molar-refractivity contribution is 6.19. The van der Waals surface area contributed by atoms with E-state index in [0.717, 1.165) is 28.8 Å². The summed E-state index contributed by atoms with van der Waals surface area (Å²) >= 11 is 0. The maximum Gasteiger partial charge on any atom is 0.250 e. The fourth-order valence-electron chi connectivity index (χ4n) is 7.71. The van der Waals surface area contributed by atoms with Crippen molar-refractivity contribution in [2.45, 2.75) is 43.2 Å². The smallest absolute Gasteiger partial charge is 0.250 e. The molecule has 186 valence electrons. The molecule has 7 rings (SSSR count). The van der Waals surface area contributed by atoms with Gasteiger partial charge in [-0.15, -0.1) is 0 Å². The highest BCUT2D eigenvalue weighted by Crippen LogP contribution is 2.66. The summed E-state index contributed by atoms with van der Waals surface area (Å²) in [5.74, 6) is -2.34. The van der Waals surface area contributed by atoms with Gasteiger partial charge in [-0.2, -0.15) is 0 Å². The quantitative estimate of drug-likeness (QED) is 0.528. The highest BCUT2D eigenvalue weighted by Gasteiger charge is 2.78. The van der Waals surface area contributed by atoms with Gasteiger partial charge in [-0.3, -0.25) is 19.3 Å². The summed E-state index contributed by atoms with van der Waals surface area (Å²) in [5.41, 5.74) is 1.57. The van der Waals surface area contributed by atoms with Gasteiger partial charge < -0.3 is 10.6 Å². The number of aryl methyl sites for hydroxylation is 1. The van der Waals surface area contributed by atoms with Crippen LogP contribution < -0.4 is 10.6 Å². The molecule has 4 aliphatic rings. The number of amides is 2. The van der Waals surface area contributed by atoms with Gasteiger partial charge >= 0.3 is 0 Å². The zero-order valence-electron chi connectivity index (χ0n) is 20.4. The van der Waals surface area contributed by atoms with E-state index in [2.05, 4.69) is 15.5 Å². The zero-order valence-corrected chi connectivity index (χ0v) is 20.4. The van der Waals surface area contributed by atoms with Crippen LogP contribution in [0.3, 0.4) is 0 Å². The fourth-order valence-corrected chi connectivity index (χ4v) is 7.71. The van der Waals surface area contributed by atoms with Gasteiger partial charge in [0.1, 0.15) is 16.8 Å². The summed E-state index contributed by atoms with van der Waals surface area (Å²) in [5, 5.41) is 6.17. The molecule has 37 heavy (non-hydrogen) atoms. The zero-order chi connectivity index (χ0) is 25.5. The molecule has 4 heterocycles. The van der Waals surface area contributed by atoms with Gasteiger partial charge in [-0.25, -0.2) is 4.39 Å². The van der Waals surface area contributed by atoms with Gasteiger partial charge in [0.25, 0.3) is 0 Å². The molecular weight excluding hydrogens is 469 g/mol. The summed E-state index contributed by atoms with van der Waals surface area (Å²) in [6.07, 6.45) is 2.22. The Morgan fingerprint density at radius 1 is 0.973 bits per heavy atom. The van der Waals surface area contributed by atoms with Crippen molar-refractivity contribution in [2.24, 2.45) is 5.92 Å². The Kier molecular flexibility index (Phi) is 4.59. The van der Waals surface area contributed by atoms with Crippen LogP contribution in [-0.2, 0) is 27.0 Å². The Morgan fingerprint density at radius 2 is 1.73 bits per heavy atom. The number of Topliss-reactive ketones (excluding diaryl/α,β-unsaturated/α-hetero) is 1. The van der Waals surface area contributed by atoms with Crippen molar-refractivity contribution in [2.75, 3.05) is 17.2 Å². The van der Waals surface area contributed by atoms with Crippen LogP contribution in [0.5, 0.6) is 0 Å². The standard InChI is InChI=1S/C30H26FN3O3/c1-2-17-7-5-9-21-24(17)33-28(37)30(21)26(25(35)18-12-14-19(31)15-13-18)29(23-11-6-16-34(23)30)20-8-3-4-10-22(20)32-27(29)36/h3-5,7-10,12-15,23,26H,2,6,11,16H2,1H3,(H,32,36)(H,33,37)/t23-,26-,29+,30+/m0/s1. The molecular formula is C30H26FN3O3. The van der Waals surface area contributed by atoms with Crippen molar-refractivity contribution < 1.29 is 18.8 Å². The molecule has 6 nitrogen and oxygen atoms in total. The number of nitrogens with one attached hydrogen (secondary N) is 2. The molecule has 0 aliphatic carbocycles. The monoisotopic (exact) mass is 495 g/mol. The summed E-state index contributed by atoms with van der Waals surface area (Å²) < 4.78 is 13.9. The topological polar surface area (TPSA) is 78.5 Å². The van der Waals surface area contributed by atoms with E-state index < -0.39 is 22.7 Å². The second kappa shape index (κ2) is 7.59. The first kappa shape index (κ1) is 22.4. The Balaban J connectivity index is 1.58. The van der Waals surface area contributed by atoms with Crippen molar-refractivity contribution in [1.82, 2.24) is 4.90 Å². The first-order chi connectivity index (χ1) is 17.9. The fraction of sp³-hybridized carbons (Fsp3) is 0.300. The normalized spacial score (nSPS) is 29.4. The van der Waals surface area contributed by atoms with Gasteiger partial charge in [0.15, 0.2) is 5.78 Å². The highest BCUT2D eigenvalue weighted by atomic mass is 19.1. The van der Waals surface area contributed by atoms with Crippen LogP contribution in [0, 0.1) is 11.7 Å². The minimum absolute atomic E-state index is 0.254. The number of halogens is 1. The van der Waals surface area contributed by atoms with Crippen LogP contribution in [0.4, 0.5) is 15.8 Å². The van der Waals surface area contributed by atoms with Crippen LogP contribution in [-0.4, -0.2) is 35.1 Å². The number of nitrogens with zero attached hydrogens (tertiary/aromatic N) is 1. The lowest BCUT2D eigenvalue weighted by molar-refractivity contribution is -0.128. The van der Waals surface area contributed by atoms with Crippen LogP contribution in [0.25, 0.3) is 0 Å². The second-order valence-corrected chi connectivity index (χ2v) is 10.4. The predicted molar refractivity (Wildman–Crippen MR) is 137 cm³/mol. The van der Waals surface area contributed by atoms with E-state index in [1.807, 2.05) is 49.4 Å². The van der Waals surface area contributed by atoms with Crippen molar-refractivity contribution in [3.8, 4) is 0 Å². The number of hydrogen-bond acceptors (Lipinski definition) is 4. The molecule has 3 aromatic carbocycles. The minimum Gasteiger partial charge on any atom is -0.325 e. The SMILES string of the molecule is CCc1cccc2c1NC(=O)[C@]21[C@@H](C(=O)c2ccc(F)cc2)[C@]2(C(=O)Nc3ccccc32)[C@@H]2CCCN21. The average molecular weight is 496 g/mol. The number of rotatable bonds is 3. The van der Waals surface area contributed by atoms with Gasteiger partial charge in [-0.1, -0.05) is 43.3 Å². The van der Waals surface area contributed by atoms with Crippen LogP contribution in [0.1, 0.15) is 46.8 Å². The Bertz CT molecular complexity index is 1500. The predicted octanol–water partition coefficient (Wildman–Crippen LogP) is 4.40. The first-order valence-corrected chi connectivity index (χ1v) is 12.9. The molecule has 3 aromatic rings. The number of ketones is 1. The van der Waals surface area contributed by atoms with Crippen molar-refractivity contribution in [3.63, 3.8) is 0 Å². The Labute approximate surface area is 213 Å². The molecule has 0 saturated carbocycles. The molecule has 2 amide bonds. The Hall–Kier alpha value is -3.84. The molecule has 2 saturated heterocycles. The molecule has 4 aliphatic heterocycles. The lowest BCUT2D eigenvalue weighted by atomic mass is 9.60. The van der Waals surface area contributed by atoms with E-state index >= 15 is 0 Å². The third kappa shape index (κ3) is 2.55. The van der Waals surface area contributed by atoms with Crippen LogP contribution in [0.15, 0.2) is 66.7 Å². The maximum absolute atomic E-state index is 14.7. The Morgan fingerprint density at radius 3 is 2.51 bits per heavy atom. The van der Waals surface area contributed by atoms with Gasteiger partial charge in [-0.05, 0) is 67.3 Å². The molecule has 4 atom stereocenters. The molecule has 0 bridgehead atoms. The second-order valence-electron chi connectivity index (χ2n) is 10.4. The van der Waals surface area contributed by atoms with Crippen molar-refractivity contribution >= 4 is 29.0 Å². The van der Waals surface area contributed by atoms with E-state index in [0.29, 0.717) is 25.1 Å². The molecule has 7 heteroatoms. The van der Waals surface area contributed by atoms with E-state index in [9.17, 15) is 18.8 Å². The minimum atomic E-state index is -1.36. The van der Waals surface area contributed by atoms with Gasteiger partial charge in [0.05, 0.1) is 5.92 Å². The number of hydrogen-bond donors (Lipinski definition) is 2. The van der Waals surface area contributed by atoms with Crippen molar-refractivity contribution in [1.29, 1.82) is 0 Å². The summed E-state index contributed by atoms with van der Waals surface area (Å²) in [4.78, 5) is 45.3. The molecule has 0 unspecified atom stereocenters. The first-order valence-electron chi connectivity index (χ1n) is 12.9. The third-order valence-corrected chi connectivity index (χ3v) is 9.02. The number of para-hydroxylation sites is 2. The molecule has 0 radical (unpaired) electrons. The molecule has 2 spiro atoms. The van der Waals surface area contributed by atoms with Gasteiger partial charge in [0, 0.05) is 28.5 Å². The summed E-state index contributed by atoms with van der Waals surface area (Å²) in [7, 11) is 0. The summed E-state index contributed by atoms with van der Waals surface area (Å²) in [6, 6.07) is 18.4. The van der Waals surface area contributed by atoms with Gasteiger partial charge in [0.2, 0.25) is 11.8 Å². The number of carbonyl (C=O) groups is 3. The third-order valence-electron chi connectivity index (χ3n) is 9.02.